The minimum absolute atomic E-state index is 0.248. The molecule has 0 radical (unpaired) electrons. The van der Waals surface area contributed by atoms with Gasteiger partial charge in [0.15, 0.2) is 0 Å². The number of benzene rings is 2. The standard InChI is InChI=1S/C19H17NO3S/c1-13-6-5-7-14(10-13)12-20-18(21)17(24-19(20)22)11-15-8-3-4-9-16(15)23-2/h3-11H,12H2,1-2H3/b17-11-. The summed E-state index contributed by atoms with van der Waals surface area (Å²) in [5.74, 6) is 0.403. The van der Waals surface area contributed by atoms with E-state index in [1.54, 1.807) is 13.2 Å². The van der Waals surface area contributed by atoms with E-state index in [1.165, 1.54) is 4.90 Å². The van der Waals surface area contributed by atoms with Gasteiger partial charge in [-0.15, -0.1) is 0 Å². The second-order valence-electron chi connectivity index (χ2n) is 5.50. The fourth-order valence-corrected chi connectivity index (χ4v) is 3.39. The van der Waals surface area contributed by atoms with Gasteiger partial charge in [0.2, 0.25) is 0 Å². The van der Waals surface area contributed by atoms with E-state index in [0.717, 1.165) is 28.5 Å². The van der Waals surface area contributed by atoms with Crippen molar-refractivity contribution in [3.05, 3.63) is 70.1 Å². The summed E-state index contributed by atoms with van der Waals surface area (Å²) in [5, 5.41) is -0.248. The number of aryl methyl sites for hydroxylation is 1. The minimum Gasteiger partial charge on any atom is -0.496 e. The van der Waals surface area contributed by atoms with Gasteiger partial charge < -0.3 is 4.74 Å². The van der Waals surface area contributed by atoms with E-state index in [1.807, 2.05) is 55.5 Å². The van der Waals surface area contributed by atoms with E-state index in [2.05, 4.69) is 0 Å². The lowest BCUT2D eigenvalue weighted by atomic mass is 10.1. The van der Waals surface area contributed by atoms with Crippen LogP contribution in [0.4, 0.5) is 4.79 Å². The number of imide groups is 1. The van der Waals surface area contributed by atoms with Gasteiger partial charge in [-0.3, -0.25) is 14.5 Å². The summed E-state index contributed by atoms with van der Waals surface area (Å²) in [4.78, 5) is 26.5. The average molecular weight is 339 g/mol. The smallest absolute Gasteiger partial charge is 0.293 e. The maximum absolute atomic E-state index is 12.6. The van der Waals surface area contributed by atoms with Gasteiger partial charge in [-0.1, -0.05) is 48.0 Å². The maximum atomic E-state index is 12.6. The van der Waals surface area contributed by atoms with Crippen LogP contribution in [-0.4, -0.2) is 23.2 Å². The van der Waals surface area contributed by atoms with Crippen molar-refractivity contribution in [2.24, 2.45) is 0 Å². The second kappa shape index (κ2) is 6.93. The summed E-state index contributed by atoms with van der Waals surface area (Å²) in [7, 11) is 1.58. The number of hydrogen-bond donors (Lipinski definition) is 0. The Balaban J connectivity index is 1.85. The molecule has 5 heteroatoms. The van der Waals surface area contributed by atoms with Crippen LogP contribution in [0.3, 0.4) is 0 Å². The third-order valence-corrected chi connectivity index (χ3v) is 4.63. The molecular weight excluding hydrogens is 322 g/mol. The first kappa shape index (κ1) is 16.3. The molecule has 2 aromatic carbocycles. The van der Waals surface area contributed by atoms with Crippen molar-refractivity contribution in [3.63, 3.8) is 0 Å². The molecule has 0 aromatic heterocycles. The zero-order chi connectivity index (χ0) is 17.1. The highest BCUT2D eigenvalue weighted by Gasteiger charge is 2.35. The Morgan fingerprint density at radius 1 is 1.12 bits per heavy atom. The van der Waals surface area contributed by atoms with Crippen LogP contribution in [0.15, 0.2) is 53.4 Å². The third-order valence-electron chi connectivity index (χ3n) is 3.72. The molecule has 0 N–H and O–H groups in total. The van der Waals surface area contributed by atoms with E-state index in [4.69, 9.17) is 4.74 Å². The van der Waals surface area contributed by atoms with Crippen molar-refractivity contribution in [1.29, 1.82) is 0 Å². The molecule has 24 heavy (non-hydrogen) atoms. The number of thioether (sulfide) groups is 1. The molecule has 4 nitrogen and oxygen atoms in total. The Hall–Kier alpha value is -2.53. The van der Waals surface area contributed by atoms with E-state index in [0.29, 0.717) is 10.7 Å². The number of methoxy groups -OCH3 is 1. The lowest BCUT2D eigenvalue weighted by Gasteiger charge is -2.12. The molecule has 2 amide bonds. The molecule has 0 bridgehead atoms. The molecule has 1 aliphatic heterocycles. The molecule has 3 rings (SSSR count). The van der Waals surface area contributed by atoms with Gasteiger partial charge in [0.25, 0.3) is 11.1 Å². The predicted octanol–water partition coefficient (Wildman–Crippen LogP) is 4.24. The highest BCUT2D eigenvalue weighted by Crippen LogP contribution is 2.34. The SMILES string of the molecule is COc1ccccc1/C=C1\SC(=O)N(Cc2cccc(C)c2)C1=O. The molecule has 0 spiro atoms. The fourth-order valence-electron chi connectivity index (χ4n) is 2.56. The van der Waals surface area contributed by atoms with Crippen molar-refractivity contribution in [2.45, 2.75) is 13.5 Å². The topological polar surface area (TPSA) is 46.6 Å². The van der Waals surface area contributed by atoms with Crippen LogP contribution < -0.4 is 4.74 Å². The first-order valence-electron chi connectivity index (χ1n) is 7.52. The highest BCUT2D eigenvalue weighted by atomic mass is 32.2. The van der Waals surface area contributed by atoms with Crippen molar-refractivity contribution in [1.82, 2.24) is 4.90 Å². The Morgan fingerprint density at radius 2 is 1.92 bits per heavy atom. The van der Waals surface area contributed by atoms with Crippen molar-refractivity contribution in [3.8, 4) is 5.75 Å². The van der Waals surface area contributed by atoms with Gasteiger partial charge in [-0.05, 0) is 36.4 Å². The second-order valence-corrected chi connectivity index (χ2v) is 6.49. The molecule has 1 aliphatic rings. The molecule has 2 aromatic rings. The first-order valence-corrected chi connectivity index (χ1v) is 8.34. The Kier molecular flexibility index (Phi) is 4.71. The molecule has 0 unspecified atom stereocenters. The number of nitrogens with zero attached hydrogens (tertiary/aromatic N) is 1. The number of hydrogen-bond acceptors (Lipinski definition) is 4. The number of amides is 2. The van der Waals surface area contributed by atoms with Crippen LogP contribution in [0, 0.1) is 6.92 Å². The number of para-hydroxylation sites is 1. The summed E-state index contributed by atoms with van der Waals surface area (Å²) < 4.78 is 5.29. The summed E-state index contributed by atoms with van der Waals surface area (Å²) in [5.41, 5.74) is 2.82. The van der Waals surface area contributed by atoms with E-state index < -0.39 is 0 Å². The maximum Gasteiger partial charge on any atom is 0.293 e. The highest BCUT2D eigenvalue weighted by molar-refractivity contribution is 8.18. The minimum atomic E-state index is -0.266. The molecular formula is C19H17NO3S. The van der Waals surface area contributed by atoms with E-state index >= 15 is 0 Å². The lowest BCUT2D eigenvalue weighted by molar-refractivity contribution is -0.123. The zero-order valence-corrected chi connectivity index (χ0v) is 14.3. The van der Waals surface area contributed by atoms with Crippen LogP contribution in [0.1, 0.15) is 16.7 Å². The summed E-state index contributed by atoms with van der Waals surface area (Å²) >= 11 is 0.962. The molecule has 122 valence electrons. The Labute approximate surface area is 145 Å². The molecule has 1 fully saturated rings. The molecule has 1 saturated heterocycles. The Bertz CT molecular complexity index is 829. The van der Waals surface area contributed by atoms with Crippen LogP contribution in [0.25, 0.3) is 6.08 Å². The predicted molar refractivity (Wildman–Crippen MR) is 95.7 cm³/mol. The zero-order valence-electron chi connectivity index (χ0n) is 13.5. The van der Waals surface area contributed by atoms with Crippen molar-refractivity contribution < 1.29 is 14.3 Å². The van der Waals surface area contributed by atoms with Gasteiger partial charge >= 0.3 is 0 Å². The van der Waals surface area contributed by atoms with Gasteiger partial charge in [-0.25, -0.2) is 0 Å². The monoisotopic (exact) mass is 339 g/mol. The summed E-state index contributed by atoms with van der Waals surface area (Å²) in [6, 6.07) is 15.2. The number of ether oxygens (including phenoxy) is 1. The van der Waals surface area contributed by atoms with Gasteiger partial charge in [-0.2, -0.15) is 0 Å². The first-order chi connectivity index (χ1) is 11.6. The Morgan fingerprint density at radius 3 is 2.67 bits per heavy atom. The van der Waals surface area contributed by atoms with Gasteiger partial charge in [0, 0.05) is 5.56 Å². The number of carbonyl (C=O) groups excluding carboxylic acids is 2. The van der Waals surface area contributed by atoms with Crippen LogP contribution in [0.2, 0.25) is 0 Å². The average Bonchev–Trinajstić information content (AvgIpc) is 2.83. The largest absolute Gasteiger partial charge is 0.496 e. The van der Waals surface area contributed by atoms with Crippen molar-refractivity contribution in [2.75, 3.05) is 7.11 Å². The van der Waals surface area contributed by atoms with Gasteiger partial charge in [0.05, 0.1) is 18.6 Å². The summed E-state index contributed by atoms with van der Waals surface area (Å²) in [6.45, 7) is 2.27. The molecule has 0 atom stereocenters. The van der Waals surface area contributed by atoms with Crippen molar-refractivity contribution >= 4 is 29.0 Å². The molecule has 0 aliphatic carbocycles. The van der Waals surface area contributed by atoms with E-state index in [-0.39, 0.29) is 17.7 Å². The van der Waals surface area contributed by atoms with Crippen LogP contribution in [-0.2, 0) is 11.3 Å². The molecule has 0 saturated carbocycles. The fraction of sp³-hybridized carbons (Fsp3) is 0.158. The quantitative estimate of drug-likeness (QED) is 0.782. The lowest BCUT2D eigenvalue weighted by Crippen LogP contribution is -2.27. The van der Waals surface area contributed by atoms with Gasteiger partial charge in [0.1, 0.15) is 5.75 Å². The number of carbonyl (C=O) groups is 2. The number of rotatable bonds is 4. The molecule has 1 heterocycles. The summed E-state index contributed by atoms with van der Waals surface area (Å²) in [6.07, 6.45) is 1.71. The van der Waals surface area contributed by atoms with Crippen LogP contribution >= 0.6 is 11.8 Å². The third kappa shape index (κ3) is 3.36. The normalized spacial score (nSPS) is 16.1. The van der Waals surface area contributed by atoms with E-state index in [9.17, 15) is 9.59 Å². The van der Waals surface area contributed by atoms with Crippen LogP contribution in [0.5, 0.6) is 5.75 Å².